The van der Waals surface area contributed by atoms with Crippen LogP contribution < -0.4 is 0 Å². The highest BCUT2D eigenvalue weighted by Gasteiger charge is 2.28. The average Bonchev–Trinajstić information content (AvgIpc) is 2.71. The topological polar surface area (TPSA) is 44.1 Å². The molecule has 0 bridgehead atoms. The molecule has 0 unspecified atom stereocenters. The second-order valence-electron chi connectivity index (χ2n) is 3.29. The number of hydrogen-bond donors (Lipinski definition) is 0. The second-order valence-corrected chi connectivity index (χ2v) is 4.38. The first-order valence-electron chi connectivity index (χ1n) is 4.51. The Labute approximate surface area is 97.6 Å². The Morgan fingerprint density at radius 2 is 2.29 bits per heavy atom. The first-order chi connectivity index (χ1) is 7.89. The Kier molecular flexibility index (Phi) is 2.82. The van der Waals surface area contributed by atoms with Crippen LogP contribution in [0.15, 0.2) is 12.3 Å². The van der Waals surface area contributed by atoms with E-state index in [1.165, 1.54) is 19.4 Å². The van der Waals surface area contributed by atoms with Gasteiger partial charge in [-0.15, -0.1) is 11.3 Å². The van der Waals surface area contributed by atoms with Crippen LogP contribution in [0.2, 0.25) is 0 Å². The summed E-state index contributed by atoms with van der Waals surface area (Å²) in [5.74, 6) is -0.518. The van der Waals surface area contributed by atoms with Crippen LogP contribution in [0.4, 0.5) is 13.2 Å². The Hall–Kier alpha value is -1.57. The van der Waals surface area contributed by atoms with E-state index in [1.54, 1.807) is 0 Å². The van der Waals surface area contributed by atoms with Gasteiger partial charge in [-0.2, -0.15) is 18.3 Å². The molecule has 17 heavy (non-hydrogen) atoms. The molecular weight excluding hydrogens is 257 g/mol. The minimum Gasteiger partial charge on any atom is -0.465 e. The maximum absolute atomic E-state index is 12.1. The number of esters is 1. The Balaban J connectivity index is 2.29. The number of thiophene rings is 1. The molecule has 0 N–H and O–H groups in total. The van der Waals surface area contributed by atoms with E-state index in [2.05, 4.69) is 9.84 Å². The molecule has 0 aromatic carbocycles. The lowest BCUT2D eigenvalue weighted by Gasteiger charge is -2.04. The highest BCUT2D eigenvalue weighted by Crippen LogP contribution is 2.26. The van der Waals surface area contributed by atoms with E-state index in [9.17, 15) is 18.0 Å². The monoisotopic (exact) mass is 264 g/mol. The van der Waals surface area contributed by atoms with Crippen molar-refractivity contribution in [1.82, 2.24) is 9.78 Å². The van der Waals surface area contributed by atoms with Crippen LogP contribution in [0, 0.1) is 0 Å². The lowest BCUT2D eigenvalue weighted by molar-refractivity contribution is -0.142. The third-order valence-corrected chi connectivity index (χ3v) is 3.01. The molecule has 0 spiro atoms. The van der Waals surface area contributed by atoms with Gasteiger partial charge in [0.15, 0.2) is 0 Å². The molecule has 2 rings (SSSR count). The number of fused-ring (bicyclic) bond motifs is 1. The Morgan fingerprint density at radius 1 is 1.59 bits per heavy atom. The molecule has 0 amide bonds. The van der Waals surface area contributed by atoms with Crippen molar-refractivity contribution in [2.45, 2.75) is 12.7 Å². The standard InChI is InChI=1S/C9H7F3N2O2S/c1-16-8(15)6-2-5-7(17-6)3-14(13-5)4-9(10,11)12/h2-3H,4H2,1H3. The summed E-state index contributed by atoms with van der Waals surface area (Å²) >= 11 is 1.05. The Morgan fingerprint density at radius 3 is 2.82 bits per heavy atom. The van der Waals surface area contributed by atoms with Gasteiger partial charge in [0.05, 0.1) is 11.8 Å². The van der Waals surface area contributed by atoms with Crippen molar-refractivity contribution in [3.8, 4) is 0 Å². The molecular formula is C9H7F3N2O2S. The van der Waals surface area contributed by atoms with Crippen LogP contribution in [0.5, 0.6) is 0 Å². The van der Waals surface area contributed by atoms with Crippen molar-refractivity contribution < 1.29 is 22.7 Å². The van der Waals surface area contributed by atoms with Gasteiger partial charge >= 0.3 is 12.1 Å². The fourth-order valence-electron chi connectivity index (χ4n) is 1.33. The predicted molar refractivity (Wildman–Crippen MR) is 55.0 cm³/mol. The maximum Gasteiger partial charge on any atom is 0.408 e. The molecule has 0 aliphatic heterocycles. The zero-order valence-corrected chi connectivity index (χ0v) is 9.43. The van der Waals surface area contributed by atoms with Gasteiger partial charge in [-0.3, -0.25) is 4.68 Å². The van der Waals surface area contributed by atoms with Gasteiger partial charge in [-0.05, 0) is 6.07 Å². The van der Waals surface area contributed by atoms with Gasteiger partial charge in [0.1, 0.15) is 16.9 Å². The van der Waals surface area contributed by atoms with Crippen LogP contribution in [0.25, 0.3) is 10.2 Å². The summed E-state index contributed by atoms with van der Waals surface area (Å²) in [5, 5.41) is 3.73. The average molecular weight is 264 g/mol. The highest BCUT2D eigenvalue weighted by atomic mass is 32.1. The van der Waals surface area contributed by atoms with Crippen molar-refractivity contribution in [3.63, 3.8) is 0 Å². The summed E-state index contributed by atoms with van der Waals surface area (Å²) in [6, 6.07) is 1.42. The summed E-state index contributed by atoms with van der Waals surface area (Å²) in [5.41, 5.74) is 0.361. The van der Waals surface area contributed by atoms with E-state index in [4.69, 9.17) is 0 Å². The summed E-state index contributed by atoms with van der Waals surface area (Å²) in [6.45, 7) is -1.14. The third kappa shape index (κ3) is 2.57. The number of hydrogen-bond acceptors (Lipinski definition) is 4. The summed E-state index contributed by atoms with van der Waals surface area (Å²) in [6.07, 6.45) is -3.04. The lowest BCUT2D eigenvalue weighted by atomic mass is 10.4. The largest absolute Gasteiger partial charge is 0.465 e. The number of carbonyl (C=O) groups excluding carboxylic acids is 1. The molecule has 0 radical (unpaired) electrons. The van der Waals surface area contributed by atoms with Gasteiger partial charge in [0.2, 0.25) is 0 Å². The van der Waals surface area contributed by atoms with Crippen molar-refractivity contribution >= 4 is 27.5 Å². The molecule has 0 saturated heterocycles. The van der Waals surface area contributed by atoms with Crippen molar-refractivity contribution in [2.24, 2.45) is 0 Å². The zero-order chi connectivity index (χ0) is 12.6. The minimum atomic E-state index is -4.31. The van der Waals surface area contributed by atoms with E-state index in [0.29, 0.717) is 15.1 Å². The molecule has 0 saturated carbocycles. The third-order valence-electron chi connectivity index (χ3n) is 1.97. The maximum atomic E-state index is 12.1. The second kappa shape index (κ2) is 4.02. The predicted octanol–water partition coefficient (Wildman–Crippen LogP) is 2.45. The van der Waals surface area contributed by atoms with E-state index < -0.39 is 18.7 Å². The molecule has 0 fully saturated rings. The van der Waals surface area contributed by atoms with Crippen LogP contribution in [-0.4, -0.2) is 29.0 Å². The lowest BCUT2D eigenvalue weighted by Crippen LogP contribution is -2.17. The summed E-state index contributed by atoms with van der Waals surface area (Å²) in [4.78, 5) is 11.5. The van der Waals surface area contributed by atoms with Crippen molar-refractivity contribution in [2.75, 3.05) is 7.11 Å². The number of alkyl halides is 3. The molecule has 92 valence electrons. The SMILES string of the molecule is COC(=O)c1cc2nn(CC(F)(F)F)cc2s1. The van der Waals surface area contributed by atoms with Crippen molar-refractivity contribution in [3.05, 3.63) is 17.1 Å². The zero-order valence-electron chi connectivity index (χ0n) is 8.61. The molecule has 2 aromatic heterocycles. The molecule has 2 aromatic rings. The fourth-order valence-corrected chi connectivity index (χ4v) is 2.29. The first kappa shape index (κ1) is 11.9. The van der Waals surface area contributed by atoms with Crippen LogP contribution in [0.3, 0.4) is 0 Å². The van der Waals surface area contributed by atoms with Gasteiger partial charge in [-0.1, -0.05) is 0 Å². The number of rotatable bonds is 2. The summed E-state index contributed by atoms with van der Waals surface area (Å²) < 4.78 is 42.2. The number of ether oxygens (including phenoxy) is 1. The first-order valence-corrected chi connectivity index (χ1v) is 5.33. The molecule has 0 aliphatic rings. The normalized spacial score (nSPS) is 12.0. The smallest absolute Gasteiger partial charge is 0.408 e. The number of nitrogens with zero attached hydrogens (tertiary/aromatic N) is 2. The van der Waals surface area contributed by atoms with Gasteiger partial charge in [0.25, 0.3) is 0 Å². The van der Waals surface area contributed by atoms with Gasteiger partial charge in [-0.25, -0.2) is 4.79 Å². The van der Waals surface area contributed by atoms with Gasteiger partial charge in [0, 0.05) is 6.20 Å². The fraction of sp³-hybridized carbons (Fsp3) is 0.333. The van der Waals surface area contributed by atoms with Gasteiger partial charge < -0.3 is 4.74 Å². The number of carbonyl (C=O) groups is 1. The number of methoxy groups -OCH3 is 1. The summed E-state index contributed by atoms with van der Waals surface area (Å²) in [7, 11) is 1.24. The molecule has 0 aliphatic carbocycles. The van der Waals surface area contributed by atoms with Crippen LogP contribution >= 0.6 is 11.3 Å². The molecule has 0 atom stereocenters. The van der Waals surface area contributed by atoms with E-state index in [1.807, 2.05) is 0 Å². The van der Waals surface area contributed by atoms with E-state index in [0.717, 1.165) is 16.0 Å². The number of aromatic nitrogens is 2. The highest BCUT2D eigenvalue weighted by molar-refractivity contribution is 7.20. The van der Waals surface area contributed by atoms with Crippen LogP contribution in [-0.2, 0) is 11.3 Å². The van der Waals surface area contributed by atoms with Crippen molar-refractivity contribution in [1.29, 1.82) is 0 Å². The van der Waals surface area contributed by atoms with E-state index in [-0.39, 0.29) is 0 Å². The molecule has 4 nitrogen and oxygen atoms in total. The minimum absolute atomic E-state index is 0.323. The Bertz CT molecular complexity index is 527. The number of halogens is 3. The van der Waals surface area contributed by atoms with E-state index >= 15 is 0 Å². The molecule has 8 heteroatoms. The molecule has 2 heterocycles. The quantitative estimate of drug-likeness (QED) is 0.782. The van der Waals surface area contributed by atoms with Crippen LogP contribution in [0.1, 0.15) is 9.67 Å².